The lowest BCUT2D eigenvalue weighted by Gasteiger charge is -2.32. The second kappa shape index (κ2) is 3.66. The molecule has 0 aromatic carbocycles. The summed E-state index contributed by atoms with van der Waals surface area (Å²) in [6, 6.07) is -2.82. The molecule has 0 saturated heterocycles. The minimum atomic E-state index is -2.82. The van der Waals surface area contributed by atoms with Crippen LogP contribution in [-0.2, 0) is 4.74 Å². The van der Waals surface area contributed by atoms with Crippen molar-refractivity contribution in [3.63, 3.8) is 0 Å². The zero-order chi connectivity index (χ0) is 9.99. The van der Waals surface area contributed by atoms with E-state index >= 15 is 0 Å². The fourth-order valence-corrected chi connectivity index (χ4v) is 0.461. The number of hydrogen-bond donors (Lipinski definition) is 0. The van der Waals surface area contributed by atoms with Gasteiger partial charge in [-0.05, 0) is 13.8 Å². The van der Waals surface area contributed by atoms with Crippen molar-refractivity contribution in [3.05, 3.63) is 0 Å². The van der Waals surface area contributed by atoms with Crippen LogP contribution in [0, 0.1) is 0 Å². The fraction of sp³-hybridized carbons (Fsp3) is 1.00. The van der Waals surface area contributed by atoms with E-state index in [-0.39, 0.29) is 6.10 Å². The summed E-state index contributed by atoms with van der Waals surface area (Å²) in [4.78, 5) is 0. The monoisotopic (exact) mass is 182 g/mol. The Balaban J connectivity index is 4.05. The van der Waals surface area contributed by atoms with E-state index in [0.717, 1.165) is 0 Å². The molecular formula is C8H18F2NO+. The molecule has 0 heterocycles. The minimum absolute atomic E-state index is 0.151. The Hall–Kier alpha value is -0.220. The Labute approximate surface area is 72.7 Å². The predicted molar refractivity (Wildman–Crippen MR) is 44.1 cm³/mol. The van der Waals surface area contributed by atoms with Crippen LogP contribution in [0.2, 0.25) is 0 Å². The molecule has 0 spiro atoms. The van der Waals surface area contributed by atoms with E-state index in [4.69, 9.17) is 4.74 Å². The van der Waals surface area contributed by atoms with Gasteiger partial charge in [0.05, 0.1) is 27.2 Å². The molecule has 4 heteroatoms. The molecule has 0 aromatic heterocycles. The van der Waals surface area contributed by atoms with Gasteiger partial charge in [-0.1, -0.05) is 0 Å². The van der Waals surface area contributed by atoms with Crippen molar-refractivity contribution >= 4 is 0 Å². The third-order valence-electron chi connectivity index (χ3n) is 1.57. The SMILES string of the molecule is CC(C)OCC(F)(F)[N+](C)(C)C. The molecule has 0 unspecified atom stereocenters. The molecule has 0 radical (unpaired) electrons. The zero-order valence-corrected chi connectivity index (χ0v) is 8.40. The molecule has 74 valence electrons. The number of rotatable bonds is 4. The van der Waals surface area contributed by atoms with E-state index in [2.05, 4.69) is 0 Å². The molecule has 0 N–H and O–H groups in total. The topological polar surface area (TPSA) is 9.23 Å². The number of quaternary nitrogens is 1. The quantitative estimate of drug-likeness (QED) is 0.475. The summed E-state index contributed by atoms with van der Waals surface area (Å²) in [5, 5.41) is 0. The Kier molecular flexibility index (Phi) is 3.59. The first-order chi connectivity index (χ1) is 5.17. The van der Waals surface area contributed by atoms with Gasteiger partial charge in [-0.3, -0.25) is 4.48 Å². The van der Waals surface area contributed by atoms with E-state index in [1.54, 1.807) is 13.8 Å². The summed E-state index contributed by atoms with van der Waals surface area (Å²) in [5.41, 5.74) is 0. The fourth-order valence-electron chi connectivity index (χ4n) is 0.461. The molecule has 0 rings (SSSR count). The maximum Gasteiger partial charge on any atom is 0.413 e. The van der Waals surface area contributed by atoms with Crippen LogP contribution in [0.3, 0.4) is 0 Å². The van der Waals surface area contributed by atoms with E-state index in [0.29, 0.717) is 0 Å². The van der Waals surface area contributed by atoms with Crippen LogP contribution in [0.5, 0.6) is 0 Å². The normalized spacial score (nSPS) is 14.0. The number of alkyl halides is 2. The van der Waals surface area contributed by atoms with Crippen molar-refractivity contribution < 1.29 is 18.0 Å². The second-order valence-corrected chi connectivity index (χ2v) is 4.04. The van der Waals surface area contributed by atoms with Gasteiger partial charge >= 0.3 is 6.05 Å². The molecule has 0 aliphatic heterocycles. The second-order valence-electron chi connectivity index (χ2n) is 4.04. The van der Waals surface area contributed by atoms with Crippen molar-refractivity contribution in [2.45, 2.75) is 26.0 Å². The highest BCUT2D eigenvalue weighted by molar-refractivity contribution is 4.51. The number of nitrogens with zero attached hydrogens (tertiary/aromatic N) is 1. The largest absolute Gasteiger partial charge is 0.413 e. The summed E-state index contributed by atoms with van der Waals surface area (Å²) < 4.78 is 30.7. The summed E-state index contributed by atoms with van der Waals surface area (Å²) in [6.45, 7) is 2.96. The number of hydrogen-bond acceptors (Lipinski definition) is 1. The van der Waals surface area contributed by atoms with Gasteiger partial charge < -0.3 is 4.74 Å². The van der Waals surface area contributed by atoms with Gasteiger partial charge in [0.15, 0.2) is 6.61 Å². The van der Waals surface area contributed by atoms with Gasteiger partial charge in [-0.2, -0.15) is 0 Å². The highest BCUT2D eigenvalue weighted by atomic mass is 19.3. The minimum Gasteiger partial charge on any atom is -0.366 e. The average molecular weight is 182 g/mol. The number of halogens is 2. The Morgan fingerprint density at radius 3 is 1.92 bits per heavy atom. The molecule has 0 saturated carbocycles. The van der Waals surface area contributed by atoms with Crippen LogP contribution in [0.15, 0.2) is 0 Å². The van der Waals surface area contributed by atoms with E-state index in [1.165, 1.54) is 21.1 Å². The molecule has 0 bridgehead atoms. The van der Waals surface area contributed by atoms with Gasteiger partial charge in [0.1, 0.15) is 0 Å². The van der Waals surface area contributed by atoms with Crippen molar-refractivity contribution in [2.24, 2.45) is 0 Å². The first kappa shape index (κ1) is 11.8. The molecule has 2 nitrogen and oxygen atoms in total. The summed E-state index contributed by atoms with van der Waals surface area (Å²) in [6.07, 6.45) is -0.151. The Bertz CT molecular complexity index is 140. The predicted octanol–water partition coefficient (Wildman–Crippen LogP) is 1.71. The van der Waals surface area contributed by atoms with Crippen molar-refractivity contribution in [1.82, 2.24) is 0 Å². The first-order valence-corrected chi connectivity index (χ1v) is 3.98. The van der Waals surface area contributed by atoms with Gasteiger partial charge in [-0.15, -0.1) is 8.78 Å². The third-order valence-corrected chi connectivity index (χ3v) is 1.57. The molecule has 0 aromatic rings. The number of ether oxygens (including phenoxy) is 1. The maximum absolute atomic E-state index is 13.1. The van der Waals surface area contributed by atoms with Crippen LogP contribution < -0.4 is 0 Å². The summed E-state index contributed by atoms with van der Waals surface area (Å²) >= 11 is 0. The number of likely N-dealkylation sites (N-methyl/N-ethyl adjacent to an activating group) is 1. The molecule has 0 aliphatic carbocycles. The molecule has 0 amide bonds. The van der Waals surface area contributed by atoms with Crippen LogP contribution in [0.25, 0.3) is 0 Å². The van der Waals surface area contributed by atoms with Crippen molar-refractivity contribution in [2.75, 3.05) is 27.7 Å². The van der Waals surface area contributed by atoms with Crippen LogP contribution in [0.1, 0.15) is 13.8 Å². The maximum atomic E-state index is 13.1. The highest BCUT2D eigenvalue weighted by Gasteiger charge is 2.44. The smallest absolute Gasteiger partial charge is 0.366 e. The lowest BCUT2D eigenvalue weighted by atomic mass is 10.4. The van der Waals surface area contributed by atoms with E-state index < -0.39 is 17.1 Å². The highest BCUT2D eigenvalue weighted by Crippen LogP contribution is 2.23. The zero-order valence-electron chi connectivity index (χ0n) is 8.40. The Morgan fingerprint density at radius 2 is 1.67 bits per heavy atom. The summed E-state index contributed by atoms with van der Waals surface area (Å²) in [7, 11) is 4.34. The van der Waals surface area contributed by atoms with Crippen molar-refractivity contribution in [3.8, 4) is 0 Å². The molecule has 0 atom stereocenters. The van der Waals surface area contributed by atoms with E-state index in [1.807, 2.05) is 0 Å². The van der Waals surface area contributed by atoms with Crippen LogP contribution in [0.4, 0.5) is 8.78 Å². The van der Waals surface area contributed by atoms with Gasteiger partial charge in [0.25, 0.3) is 0 Å². The van der Waals surface area contributed by atoms with Gasteiger partial charge in [-0.25, -0.2) is 0 Å². The third kappa shape index (κ3) is 3.45. The molecule has 0 fully saturated rings. The average Bonchev–Trinajstić information content (AvgIpc) is 1.81. The first-order valence-electron chi connectivity index (χ1n) is 3.98. The standard InChI is InChI=1S/C8H18F2NO/c1-7(2)12-6-8(9,10)11(3,4)5/h7H,6H2,1-5H3/q+1. The van der Waals surface area contributed by atoms with Crippen LogP contribution in [-0.4, -0.2) is 44.4 Å². The van der Waals surface area contributed by atoms with Gasteiger partial charge in [0.2, 0.25) is 0 Å². The molecule has 0 aliphatic rings. The lowest BCUT2D eigenvalue weighted by molar-refractivity contribution is -0.961. The molecule has 12 heavy (non-hydrogen) atoms. The van der Waals surface area contributed by atoms with Crippen LogP contribution >= 0.6 is 0 Å². The lowest BCUT2D eigenvalue weighted by Crippen LogP contribution is -2.54. The van der Waals surface area contributed by atoms with Gasteiger partial charge in [0, 0.05) is 0 Å². The molecular weight excluding hydrogens is 164 g/mol. The van der Waals surface area contributed by atoms with E-state index in [9.17, 15) is 8.78 Å². The van der Waals surface area contributed by atoms with Crippen molar-refractivity contribution in [1.29, 1.82) is 0 Å². The Morgan fingerprint density at radius 1 is 1.25 bits per heavy atom. The summed E-state index contributed by atoms with van der Waals surface area (Å²) in [5.74, 6) is 0.